The molecule has 21 heavy (non-hydrogen) atoms. The number of nitro benzene ring substituents is 1. The molecule has 0 unspecified atom stereocenters. The number of nitro groups is 1. The Hall–Kier alpha value is -1.46. The maximum Gasteiger partial charge on any atom is 0.269 e. The predicted molar refractivity (Wildman–Crippen MR) is 82.1 cm³/mol. The highest BCUT2D eigenvalue weighted by molar-refractivity contribution is 5.34. The van der Waals surface area contributed by atoms with Crippen molar-refractivity contribution in [1.29, 1.82) is 0 Å². The number of benzene rings is 1. The SMILES string of the molecule is O=[N+]([O-])c1cccc(CN2CCC(CNC3CC3)CC2)c1. The quantitative estimate of drug-likeness (QED) is 0.646. The minimum absolute atomic E-state index is 0.191. The molecule has 0 amide bonds. The van der Waals surface area contributed by atoms with Crippen molar-refractivity contribution >= 4 is 5.69 Å². The van der Waals surface area contributed by atoms with E-state index >= 15 is 0 Å². The van der Waals surface area contributed by atoms with Crippen LogP contribution in [0, 0.1) is 16.0 Å². The topological polar surface area (TPSA) is 58.4 Å². The maximum absolute atomic E-state index is 10.8. The van der Waals surface area contributed by atoms with Crippen molar-refractivity contribution in [2.45, 2.75) is 38.3 Å². The zero-order valence-corrected chi connectivity index (χ0v) is 12.3. The van der Waals surface area contributed by atoms with Crippen molar-refractivity contribution in [3.8, 4) is 0 Å². The molecule has 5 nitrogen and oxygen atoms in total. The summed E-state index contributed by atoms with van der Waals surface area (Å²) >= 11 is 0. The Morgan fingerprint density at radius 1 is 1.24 bits per heavy atom. The lowest BCUT2D eigenvalue weighted by Crippen LogP contribution is -2.37. The van der Waals surface area contributed by atoms with E-state index in [-0.39, 0.29) is 10.6 Å². The fraction of sp³-hybridized carbons (Fsp3) is 0.625. The van der Waals surface area contributed by atoms with Gasteiger partial charge in [0.05, 0.1) is 4.92 Å². The van der Waals surface area contributed by atoms with Crippen LogP contribution in [0.5, 0.6) is 0 Å². The number of piperidine rings is 1. The Morgan fingerprint density at radius 3 is 2.67 bits per heavy atom. The molecule has 2 fully saturated rings. The van der Waals surface area contributed by atoms with Crippen LogP contribution >= 0.6 is 0 Å². The van der Waals surface area contributed by atoms with Gasteiger partial charge < -0.3 is 5.32 Å². The molecule has 114 valence electrons. The third-order valence-corrected chi connectivity index (χ3v) is 4.51. The molecule has 0 bridgehead atoms. The van der Waals surface area contributed by atoms with Crippen LogP contribution in [0.25, 0.3) is 0 Å². The molecule has 0 radical (unpaired) electrons. The highest BCUT2D eigenvalue weighted by Gasteiger charge is 2.24. The Bertz CT molecular complexity index is 494. The van der Waals surface area contributed by atoms with Crippen molar-refractivity contribution in [3.63, 3.8) is 0 Å². The van der Waals surface area contributed by atoms with Gasteiger partial charge in [-0.3, -0.25) is 15.0 Å². The second-order valence-corrected chi connectivity index (χ2v) is 6.33. The van der Waals surface area contributed by atoms with E-state index in [1.807, 2.05) is 6.07 Å². The van der Waals surface area contributed by atoms with Gasteiger partial charge >= 0.3 is 0 Å². The number of non-ortho nitro benzene ring substituents is 1. The summed E-state index contributed by atoms with van der Waals surface area (Å²) in [5.41, 5.74) is 1.23. The maximum atomic E-state index is 10.8. The summed E-state index contributed by atoms with van der Waals surface area (Å²) in [4.78, 5) is 12.9. The summed E-state index contributed by atoms with van der Waals surface area (Å²) in [6.45, 7) is 4.18. The Morgan fingerprint density at radius 2 is 2.00 bits per heavy atom. The van der Waals surface area contributed by atoms with Crippen molar-refractivity contribution < 1.29 is 4.92 Å². The van der Waals surface area contributed by atoms with Crippen LogP contribution < -0.4 is 5.32 Å². The summed E-state index contributed by atoms with van der Waals surface area (Å²) in [6.07, 6.45) is 5.17. The molecular weight excluding hydrogens is 266 g/mol. The smallest absolute Gasteiger partial charge is 0.269 e. The minimum atomic E-state index is -0.320. The number of nitrogens with one attached hydrogen (secondary N) is 1. The van der Waals surface area contributed by atoms with E-state index in [2.05, 4.69) is 10.2 Å². The van der Waals surface area contributed by atoms with E-state index in [4.69, 9.17) is 0 Å². The minimum Gasteiger partial charge on any atom is -0.314 e. The van der Waals surface area contributed by atoms with Gasteiger partial charge in [-0.1, -0.05) is 12.1 Å². The molecule has 3 rings (SSSR count). The van der Waals surface area contributed by atoms with Crippen LogP contribution in [0.2, 0.25) is 0 Å². The van der Waals surface area contributed by atoms with E-state index in [0.29, 0.717) is 0 Å². The van der Waals surface area contributed by atoms with E-state index in [9.17, 15) is 10.1 Å². The third-order valence-electron chi connectivity index (χ3n) is 4.51. The van der Waals surface area contributed by atoms with Gasteiger partial charge in [-0.15, -0.1) is 0 Å². The molecule has 0 aromatic heterocycles. The van der Waals surface area contributed by atoms with E-state index < -0.39 is 0 Å². The normalized spacial score (nSPS) is 20.6. The second-order valence-electron chi connectivity index (χ2n) is 6.33. The molecule has 2 aliphatic rings. The Balaban J connectivity index is 1.46. The zero-order valence-electron chi connectivity index (χ0n) is 12.3. The van der Waals surface area contributed by atoms with Crippen molar-refractivity contribution in [2.24, 2.45) is 5.92 Å². The first-order valence-corrected chi connectivity index (χ1v) is 7.90. The Kier molecular flexibility index (Phi) is 4.51. The summed E-state index contributed by atoms with van der Waals surface area (Å²) in [5, 5.41) is 14.4. The third kappa shape index (κ3) is 4.25. The number of hydrogen-bond donors (Lipinski definition) is 1. The molecule has 1 aliphatic carbocycles. The van der Waals surface area contributed by atoms with Gasteiger partial charge in [-0.2, -0.15) is 0 Å². The number of nitrogens with zero attached hydrogens (tertiary/aromatic N) is 2. The van der Waals surface area contributed by atoms with Crippen LogP contribution in [0.4, 0.5) is 5.69 Å². The van der Waals surface area contributed by atoms with Gasteiger partial charge in [-0.25, -0.2) is 0 Å². The molecule has 1 heterocycles. The van der Waals surface area contributed by atoms with Crippen molar-refractivity contribution in [1.82, 2.24) is 10.2 Å². The van der Waals surface area contributed by atoms with E-state index in [1.165, 1.54) is 25.7 Å². The van der Waals surface area contributed by atoms with E-state index in [1.54, 1.807) is 18.2 Å². The highest BCUT2D eigenvalue weighted by atomic mass is 16.6. The number of likely N-dealkylation sites (tertiary alicyclic amines) is 1. The summed E-state index contributed by atoms with van der Waals surface area (Å²) in [6, 6.07) is 7.81. The van der Waals surface area contributed by atoms with Gasteiger partial charge in [0.15, 0.2) is 0 Å². The van der Waals surface area contributed by atoms with Crippen LogP contribution in [-0.2, 0) is 6.54 Å². The van der Waals surface area contributed by atoms with Crippen LogP contribution in [0.1, 0.15) is 31.2 Å². The van der Waals surface area contributed by atoms with Gasteiger partial charge in [0.1, 0.15) is 0 Å². The molecule has 1 aromatic rings. The monoisotopic (exact) mass is 289 g/mol. The lowest BCUT2D eigenvalue weighted by atomic mass is 9.96. The lowest BCUT2D eigenvalue weighted by Gasteiger charge is -2.32. The fourth-order valence-electron chi connectivity index (χ4n) is 3.00. The summed E-state index contributed by atoms with van der Waals surface area (Å²) in [5.74, 6) is 0.798. The molecule has 5 heteroatoms. The molecule has 0 atom stereocenters. The molecule has 1 aliphatic heterocycles. The molecule has 1 aromatic carbocycles. The first-order chi connectivity index (χ1) is 10.2. The fourth-order valence-corrected chi connectivity index (χ4v) is 3.00. The molecule has 1 saturated heterocycles. The Labute approximate surface area is 125 Å². The first-order valence-electron chi connectivity index (χ1n) is 7.90. The predicted octanol–water partition coefficient (Wildman–Crippen LogP) is 2.56. The second kappa shape index (κ2) is 6.54. The van der Waals surface area contributed by atoms with Gasteiger partial charge in [0.25, 0.3) is 5.69 Å². The summed E-state index contributed by atoms with van der Waals surface area (Å²) < 4.78 is 0. The molecule has 1 N–H and O–H groups in total. The van der Waals surface area contributed by atoms with E-state index in [0.717, 1.165) is 43.7 Å². The van der Waals surface area contributed by atoms with Crippen LogP contribution in [0.15, 0.2) is 24.3 Å². The number of hydrogen-bond acceptors (Lipinski definition) is 4. The van der Waals surface area contributed by atoms with Gasteiger partial charge in [-0.05, 0) is 56.8 Å². The molecule has 1 saturated carbocycles. The highest BCUT2D eigenvalue weighted by Crippen LogP contribution is 2.23. The van der Waals surface area contributed by atoms with Gasteiger partial charge in [0.2, 0.25) is 0 Å². The largest absolute Gasteiger partial charge is 0.314 e. The standard InChI is InChI=1S/C16H23N3O2/c20-19(21)16-3-1-2-14(10-16)12-18-8-6-13(7-9-18)11-17-15-4-5-15/h1-3,10,13,15,17H,4-9,11-12H2. The molecule has 0 spiro atoms. The van der Waals surface area contributed by atoms with Crippen molar-refractivity contribution in [2.75, 3.05) is 19.6 Å². The zero-order chi connectivity index (χ0) is 14.7. The first kappa shape index (κ1) is 14.5. The summed E-state index contributed by atoms with van der Waals surface area (Å²) in [7, 11) is 0. The van der Waals surface area contributed by atoms with Crippen molar-refractivity contribution in [3.05, 3.63) is 39.9 Å². The van der Waals surface area contributed by atoms with Crippen LogP contribution in [0.3, 0.4) is 0 Å². The van der Waals surface area contributed by atoms with Crippen LogP contribution in [-0.4, -0.2) is 35.5 Å². The molecular formula is C16H23N3O2. The average molecular weight is 289 g/mol. The van der Waals surface area contributed by atoms with Gasteiger partial charge in [0, 0.05) is 24.7 Å². The average Bonchev–Trinajstić information content (AvgIpc) is 3.31. The number of rotatable bonds is 6. The lowest BCUT2D eigenvalue weighted by molar-refractivity contribution is -0.384.